The highest BCUT2D eigenvalue weighted by Gasteiger charge is 2.24. The van der Waals surface area contributed by atoms with E-state index in [0.29, 0.717) is 5.75 Å². The fraction of sp³-hybridized carbons (Fsp3) is 0.143. The second kappa shape index (κ2) is 12.1. The normalized spacial score (nSPS) is 11.3. The van der Waals surface area contributed by atoms with Gasteiger partial charge in [-0.2, -0.15) is 0 Å². The zero-order chi connectivity index (χ0) is 26.5. The van der Waals surface area contributed by atoms with Gasteiger partial charge in [0.15, 0.2) is 0 Å². The maximum Gasteiger partial charge on any atom is 0.121 e. The molecule has 0 aliphatic rings. The van der Waals surface area contributed by atoms with Gasteiger partial charge in [0.25, 0.3) is 0 Å². The lowest BCUT2D eigenvalue weighted by Gasteiger charge is -2.27. The molecule has 1 N–H and O–H groups in total. The summed E-state index contributed by atoms with van der Waals surface area (Å²) in [7, 11) is -1.22. The van der Waals surface area contributed by atoms with Crippen molar-refractivity contribution in [2.75, 3.05) is 0 Å². The lowest BCUT2D eigenvalue weighted by molar-refractivity contribution is 0.465. The molecule has 0 bridgehead atoms. The summed E-state index contributed by atoms with van der Waals surface area (Å²) in [6.07, 6.45) is 1.83. The van der Waals surface area contributed by atoms with Crippen LogP contribution in [-0.2, 0) is 12.3 Å². The Labute approximate surface area is 229 Å². The molecule has 0 amide bonds. The Balaban J connectivity index is 1.61. The molecule has 3 heteroatoms. The molecule has 0 aliphatic carbocycles. The van der Waals surface area contributed by atoms with E-state index in [9.17, 15) is 5.11 Å². The Morgan fingerprint density at radius 2 is 0.684 bits per heavy atom. The van der Waals surface area contributed by atoms with Crippen molar-refractivity contribution < 1.29 is 5.11 Å². The van der Waals surface area contributed by atoms with E-state index in [-0.39, 0.29) is 0 Å². The first-order chi connectivity index (χ1) is 18.5. The summed E-state index contributed by atoms with van der Waals surface area (Å²) < 4.78 is 0. The zero-order valence-electron chi connectivity index (χ0n) is 22.3. The average Bonchev–Trinajstić information content (AvgIpc) is 2.98. The van der Waals surface area contributed by atoms with Gasteiger partial charge in [-0.1, -0.05) is 121 Å². The molecular weight excluding hydrogens is 498 g/mol. The highest BCUT2D eigenvalue weighted by molar-refractivity contribution is 7.72. The molecule has 5 aromatic carbocycles. The highest BCUT2D eigenvalue weighted by atomic mass is 31.1. The molecule has 0 atom stereocenters. The third kappa shape index (κ3) is 5.61. The van der Waals surface area contributed by atoms with E-state index in [4.69, 9.17) is 0 Å². The van der Waals surface area contributed by atoms with Crippen LogP contribution in [0.3, 0.4) is 0 Å². The summed E-state index contributed by atoms with van der Waals surface area (Å²) in [6.45, 7) is 6.46. The van der Waals surface area contributed by atoms with Crippen molar-refractivity contribution in [2.45, 2.75) is 33.1 Å². The van der Waals surface area contributed by atoms with Crippen LogP contribution in [0.4, 0.5) is 0 Å². The number of hydrogen-bond donors (Lipinski definition) is 1. The molecule has 0 saturated heterocycles. The van der Waals surface area contributed by atoms with Gasteiger partial charge in [0.05, 0.1) is 0 Å². The monoisotopic (exact) mass is 532 g/mol. The number of phenols is 1. The van der Waals surface area contributed by atoms with Crippen molar-refractivity contribution in [1.82, 2.24) is 0 Å². The van der Waals surface area contributed by atoms with Crippen LogP contribution in [0.5, 0.6) is 5.75 Å². The topological polar surface area (TPSA) is 20.2 Å². The summed E-state index contributed by atoms with van der Waals surface area (Å²) in [5, 5.41) is 16.9. The van der Waals surface area contributed by atoms with Crippen molar-refractivity contribution in [1.29, 1.82) is 0 Å². The summed E-state index contributed by atoms with van der Waals surface area (Å²) in [6, 6.07) is 43.5. The van der Waals surface area contributed by atoms with E-state index in [1.54, 1.807) is 0 Å². The maximum absolute atomic E-state index is 11.4. The molecule has 0 saturated carbocycles. The van der Waals surface area contributed by atoms with E-state index in [0.717, 1.165) is 23.5 Å². The van der Waals surface area contributed by atoms with Gasteiger partial charge in [0, 0.05) is 12.3 Å². The predicted octanol–water partition coefficient (Wildman–Crippen LogP) is 7.58. The Morgan fingerprint density at radius 3 is 0.947 bits per heavy atom. The number of benzene rings is 5. The molecule has 0 heterocycles. The molecule has 5 aromatic rings. The molecule has 0 aromatic heterocycles. The quantitative estimate of drug-likeness (QED) is 0.204. The average molecular weight is 533 g/mol. The van der Waals surface area contributed by atoms with Gasteiger partial charge in [-0.15, -0.1) is 0 Å². The van der Waals surface area contributed by atoms with E-state index >= 15 is 0 Å². The van der Waals surface area contributed by atoms with Crippen LogP contribution < -0.4 is 21.2 Å². The van der Waals surface area contributed by atoms with Crippen molar-refractivity contribution >= 4 is 37.1 Å². The van der Waals surface area contributed by atoms with Crippen LogP contribution in [0.1, 0.15) is 27.8 Å². The Hall–Kier alpha value is -3.24. The second-order valence-electron chi connectivity index (χ2n) is 9.70. The molecule has 38 heavy (non-hydrogen) atoms. The molecule has 0 unspecified atom stereocenters. The first kappa shape index (κ1) is 26.4. The minimum atomic E-state index is -0.608. The van der Waals surface area contributed by atoms with Gasteiger partial charge < -0.3 is 5.11 Å². The van der Waals surface area contributed by atoms with Crippen LogP contribution in [0.25, 0.3) is 0 Å². The lowest BCUT2D eigenvalue weighted by atomic mass is 9.94. The number of phenolic OH excluding ortho intramolecular Hbond substituents is 1. The fourth-order valence-corrected chi connectivity index (χ4v) is 10.2. The van der Waals surface area contributed by atoms with Gasteiger partial charge in [-0.25, -0.2) is 0 Å². The predicted molar refractivity (Wildman–Crippen MR) is 168 cm³/mol. The molecule has 5 rings (SSSR count). The van der Waals surface area contributed by atoms with Crippen molar-refractivity contribution in [3.63, 3.8) is 0 Å². The fourth-order valence-electron chi connectivity index (χ4n) is 5.20. The Bertz CT molecular complexity index is 1290. The largest absolute Gasteiger partial charge is 0.507 e. The van der Waals surface area contributed by atoms with E-state index in [1.165, 1.54) is 37.9 Å². The number of aromatic hydroxyl groups is 1. The minimum Gasteiger partial charge on any atom is -0.507 e. The third-order valence-electron chi connectivity index (χ3n) is 7.42. The van der Waals surface area contributed by atoms with E-state index in [1.807, 2.05) is 0 Å². The molecule has 190 valence electrons. The van der Waals surface area contributed by atoms with Crippen LogP contribution in [0.15, 0.2) is 121 Å². The van der Waals surface area contributed by atoms with Gasteiger partial charge in [0.2, 0.25) is 0 Å². The van der Waals surface area contributed by atoms with Gasteiger partial charge in [-0.3, -0.25) is 0 Å². The molecule has 1 nitrogen and oxygen atoms in total. The van der Waals surface area contributed by atoms with Crippen LogP contribution in [0.2, 0.25) is 0 Å². The van der Waals surface area contributed by atoms with Crippen molar-refractivity contribution in [2.24, 2.45) is 0 Å². The summed E-state index contributed by atoms with van der Waals surface area (Å²) in [5.41, 5.74) is 5.95. The Kier molecular flexibility index (Phi) is 8.38. The molecule has 0 spiro atoms. The van der Waals surface area contributed by atoms with Crippen molar-refractivity contribution in [3.8, 4) is 5.75 Å². The molecule has 0 fully saturated rings. The van der Waals surface area contributed by atoms with Gasteiger partial charge >= 0.3 is 0 Å². The first-order valence-electron chi connectivity index (χ1n) is 13.1. The third-order valence-corrected chi connectivity index (χ3v) is 12.4. The molecule has 0 aliphatic heterocycles. The lowest BCUT2D eigenvalue weighted by Crippen LogP contribution is -2.16. The van der Waals surface area contributed by atoms with Gasteiger partial charge in [-0.05, 0) is 85.6 Å². The number of rotatable bonds is 8. The molecule has 0 radical (unpaired) electrons. The first-order valence-corrected chi connectivity index (χ1v) is 16.2. The van der Waals surface area contributed by atoms with Crippen LogP contribution >= 0.6 is 15.8 Å². The van der Waals surface area contributed by atoms with E-state index < -0.39 is 15.8 Å². The van der Waals surface area contributed by atoms with Crippen molar-refractivity contribution in [3.05, 3.63) is 149 Å². The SMILES string of the molecule is Cc1c(O)c(C)c(CP(c2ccccc2)c2ccccc2)c(C)c1CP(c1ccccc1)c1ccccc1. The maximum atomic E-state index is 11.4. The summed E-state index contributed by atoms with van der Waals surface area (Å²) in [5.74, 6) is 0.452. The number of hydrogen-bond acceptors (Lipinski definition) is 1. The van der Waals surface area contributed by atoms with Crippen LogP contribution in [0, 0.1) is 20.8 Å². The minimum absolute atomic E-state index is 0.452. The van der Waals surface area contributed by atoms with Crippen LogP contribution in [-0.4, -0.2) is 5.11 Å². The second-order valence-corrected chi connectivity index (χ2v) is 14.1. The molecular formula is C35H34OP2. The van der Waals surface area contributed by atoms with Gasteiger partial charge in [0.1, 0.15) is 5.75 Å². The highest BCUT2D eigenvalue weighted by Crippen LogP contribution is 2.46. The smallest absolute Gasteiger partial charge is 0.121 e. The van der Waals surface area contributed by atoms with E-state index in [2.05, 4.69) is 142 Å². The summed E-state index contributed by atoms with van der Waals surface area (Å²) >= 11 is 0. The standard InChI is InChI=1S/C35H34OP2/c1-26-33(24-37(29-16-8-4-9-17-29)30-18-10-5-11-19-30)27(2)35(36)28(3)34(26)25-38(31-20-12-6-13-21-31)32-22-14-7-15-23-32/h4-23,36H,24-25H2,1-3H3. The summed E-state index contributed by atoms with van der Waals surface area (Å²) in [4.78, 5) is 0. The zero-order valence-corrected chi connectivity index (χ0v) is 24.1. The Morgan fingerprint density at radius 1 is 0.421 bits per heavy atom.